The molecule has 33 heavy (non-hydrogen) atoms. The van der Waals surface area contributed by atoms with Crippen molar-refractivity contribution in [3.63, 3.8) is 0 Å². The van der Waals surface area contributed by atoms with Gasteiger partial charge in [0.1, 0.15) is 11.8 Å². The van der Waals surface area contributed by atoms with Gasteiger partial charge in [-0.25, -0.2) is 18.6 Å². The van der Waals surface area contributed by atoms with Gasteiger partial charge >= 0.3 is 6.09 Å². The quantitative estimate of drug-likeness (QED) is 0.661. The van der Waals surface area contributed by atoms with E-state index in [1.165, 1.54) is 18.3 Å². The van der Waals surface area contributed by atoms with Crippen LogP contribution >= 0.6 is 11.3 Å². The summed E-state index contributed by atoms with van der Waals surface area (Å²) in [6.45, 7) is 2.28. The third-order valence-electron chi connectivity index (χ3n) is 6.24. The lowest BCUT2D eigenvalue weighted by atomic mass is 10.2. The van der Waals surface area contributed by atoms with Gasteiger partial charge in [0.05, 0.1) is 18.8 Å². The van der Waals surface area contributed by atoms with Gasteiger partial charge < -0.3 is 20.3 Å². The fourth-order valence-electron chi connectivity index (χ4n) is 4.68. The maximum Gasteiger partial charge on any atom is 0.414 e. The second-order valence-corrected chi connectivity index (χ2v) is 9.29. The van der Waals surface area contributed by atoms with E-state index in [2.05, 4.69) is 15.6 Å². The Labute approximate surface area is 191 Å². The predicted molar refractivity (Wildman–Crippen MR) is 116 cm³/mol. The largest absolute Gasteiger partial charge is 0.442 e. The van der Waals surface area contributed by atoms with E-state index in [0.717, 1.165) is 17.0 Å². The Morgan fingerprint density at radius 3 is 2.52 bits per heavy atom. The number of halogens is 2. The van der Waals surface area contributed by atoms with Crippen molar-refractivity contribution >= 4 is 45.8 Å². The number of amides is 3. The Morgan fingerprint density at radius 2 is 1.91 bits per heavy atom. The van der Waals surface area contributed by atoms with Crippen molar-refractivity contribution in [3.05, 3.63) is 35.3 Å². The molecule has 2 aliphatic heterocycles. The number of piperidine rings is 1. The number of hydrogen-bond acceptors (Lipinski definition) is 7. The minimum Gasteiger partial charge on any atom is -0.442 e. The fraction of sp³-hybridized carbons (Fsp3) is 0.429. The molecule has 3 aliphatic rings. The van der Waals surface area contributed by atoms with E-state index in [1.807, 2.05) is 0 Å². The van der Waals surface area contributed by atoms with Gasteiger partial charge in [0.2, 0.25) is 11.8 Å². The summed E-state index contributed by atoms with van der Waals surface area (Å²) in [6.07, 6.45) is 0.273. The van der Waals surface area contributed by atoms with Gasteiger partial charge in [-0.1, -0.05) is 0 Å². The standard InChI is InChI=1S/C21H21F2N5O4S/c1-10(29)25-6-12-7-28(21(31)32-12)11-4-15(22)18(16(23)5-11)27-8-13-14(9-27)17(13)19(30)26-20-24-2-3-33-20/h2-5,12-14,17H,6-9H2,1H3,(H,25,29)(H,24,26,30)/t12-,13-,14+,17?/m0/s1. The van der Waals surface area contributed by atoms with E-state index in [0.29, 0.717) is 18.2 Å². The first-order valence-corrected chi connectivity index (χ1v) is 11.4. The average Bonchev–Trinajstić information content (AvgIpc) is 3.18. The number of thiazole rings is 1. The highest BCUT2D eigenvalue weighted by molar-refractivity contribution is 7.13. The van der Waals surface area contributed by atoms with Crippen LogP contribution < -0.4 is 20.4 Å². The van der Waals surface area contributed by atoms with E-state index in [1.54, 1.807) is 16.5 Å². The lowest BCUT2D eigenvalue weighted by Crippen LogP contribution is -2.33. The summed E-state index contributed by atoms with van der Waals surface area (Å²) < 4.78 is 35.0. The van der Waals surface area contributed by atoms with E-state index in [9.17, 15) is 23.2 Å². The van der Waals surface area contributed by atoms with Gasteiger partial charge in [-0.15, -0.1) is 11.3 Å². The molecule has 174 valence electrons. The number of fused-ring (bicyclic) bond motifs is 1. The second-order valence-electron chi connectivity index (χ2n) is 8.40. The summed E-state index contributed by atoms with van der Waals surface area (Å²) in [4.78, 5) is 42.4. The number of hydrogen-bond donors (Lipinski definition) is 2. The van der Waals surface area contributed by atoms with E-state index >= 15 is 0 Å². The lowest BCUT2D eigenvalue weighted by Gasteiger charge is -2.24. The number of nitrogens with one attached hydrogen (secondary N) is 2. The molecule has 1 saturated carbocycles. The van der Waals surface area contributed by atoms with Crippen LogP contribution in [0, 0.1) is 29.4 Å². The Hall–Kier alpha value is -3.28. The first kappa shape index (κ1) is 21.6. The second kappa shape index (κ2) is 8.25. The van der Waals surface area contributed by atoms with Crippen LogP contribution in [0.4, 0.5) is 30.1 Å². The van der Waals surface area contributed by atoms with Crippen molar-refractivity contribution in [1.29, 1.82) is 0 Å². The van der Waals surface area contributed by atoms with Crippen LogP contribution in [-0.4, -0.2) is 55.2 Å². The Kier molecular flexibility index (Phi) is 5.39. The summed E-state index contributed by atoms with van der Waals surface area (Å²) in [7, 11) is 0. The Bertz CT molecular complexity index is 1080. The smallest absolute Gasteiger partial charge is 0.414 e. The Morgan fingerprint density at radius 1 is 1.21 bits per heavy atom. The summed E-state index contributed by atoms with van der Waals surface area (Å²) in [5.41, 5.74) is -0.110. The summed E-state index contributed by atoms with van der Waals surface area (Å²) in [6, 6.07) is 2.22. The van der Waals surface area contributed by atoms with Crippen LogP contribution in [0.2, 0.25) is 0 Å². The molecule has 1 aromatic heterocycles. The first-order chi connectivity index (χ1) is 15.8. The number of aromatic nitrogens is 1. The number of carbonyl (C=O) groups excluding carboxylic acids is 3. The highest BCUT2D eigenvalue weighted by atomic mass is 32.1. The molecule has 3 fully saturated rings. The molecular weight excluding hydrogens is 456 g/mol. The number of nitrogens with zero attached hydrogens (tertiary/aromatic N) is 3. The zero-order chi connectivity index (χ0) is 23.3. The number of rotatable bonds is 6. The normalized spacial score (nSPS) is 25.6. The molecule has 0 spiro atoms. The number of carbonyl (C=O) groups is 3. The van der Waals surface area contributed by atoms with Gasteiger partial charge in [0.15, 0.2) is 16.8 Å². The molecule has 4 atom stereocenters. The van der Waals surface area contributed by atoms with Crippen molar-refractivity contribution in [3.8, 4) is 0 Å². The van der Waals surface area contributed by atoms with E-state index in [4.69, 9.17) is 4.74 Å². The van der Waals surface area contributed by atoms with Crippen LogP contribution in [0.15, 0.2) is 23.7 Å². The molecule has 2 saturated heterocycles. The molecule has 3 amide bonds. The van der Waals surface area contributed by atoms with Gasteiger partial charge in [-0.3, -0.25) is 14.5 Å². The predicted octanol–water partition coefficient (Wildman–Crippen LogP) is 2.20. The third kappa shape index (κ3) is 4.10. The SMILES string of the molecule is CC(=O)NC[C@H]1CN(c2cc(F)c(N3C[C@@H]4C(C(=O)Nc5nccs5)[C@@H]4C3)c(F)c2)C(=O)O1. The third-order valence-corrected chi connectivity index (χ3v) is 6.93. The average molecular weight is 477 g/mol. The lowest BCUT2D eigenvalue weighted by molar-refractivity contribution is -0.119. The maximum atomic E-state index is 14.9. The maximum absolute atomic E-state index is 14.9. The van der Waals surface area contributed by atoms with E-state index < -0.39 is 23.8 Å². The Balaban J connectivity index is 1.23. The summed E-state index contributed by atoms with van der Waals surface area (Å²) >= 11 is 1.33. The molecule has 3 heterocycles. The van der Waals surface area contributed by atoms with Crippen LogP contribution in [-0.2, 0) is 14.3 Å². The molecule has 12 heteroatoms. The van der Waals surface area contributed by atoms with Crippen LogP contribution in [0.1, 0.15) is 6.92 Å². The molecule has 0 radical (unpaired) electrons. The zero-order valence-electron chi connectivity index (χ0n) is 17.6. The summed E-state index contributed by atoms with van der Waals surface area (Å²) in [5, 5.41) is 7.64. The topological polar surface area (TPSA) is 104 Å². The molecule has 9 nitrogen and oxygen atoms in total. The van der Waals surface area contributed by atoms with Gasteiger partial charge in [0.25, 0.3) is 0 Å². The molecule has 5 rings (SSSR count). The van der Waals surface area contributed by atoms with Crippen LogP contribution in [0.3, 0.4) is 0 Å². The highest BCUT2D eigenvalue weighted by Gasteiger charge is 2.60. The molecular formula is C21H21F2N5O4S. The van der Waals surface area contributed by atoms with Crippen molar-refractivity contribution < 1.29 is 27.9 Å². The molecule has 1 aromatic carbocycles. The molecule has 1 unspecified atom stereocenters. The van der Waals surface area contributed by atoms with Crippen LogP contribution in [0.25, 0.3) is 0 Å². The number of ether oxygens (including phenoxy) is 1. The van der Waals surface area contributed by atoms with Gasteiger partial charge in [-0.2, -0.15) is 0 Å². The van der Waals surface area contributed by atoms with Crippen LogP contribution in [0.5, 0.6) is 0 Å². The molecule has 2 aromatic rings. The first-order valence-electron chi connectivity index (χ1n) is 10.5. The highest BCUT2D eigenvalue weighted by Crippen LogP contribution is 2.53. The molecule has 0 bridgehead atoms. The summed E-state index contributed by atoms with van der Waals surface area (Å²) in [5.74, 6) is -2.07. The number of benzene rings is 1. The monoisotopic (exact) mass is 477 g/mol. The molecule has 2 N–H and O–H groups in total. The van der Waals surface area contributed by atoms with Crippen molar-refractivity contribution in [2.75, 3.05) is 41.3 Å². The van der Waals surface area contributed by atoms with Gasteiger partial charge in [0, 0.05) is 49.6 Å². The van der Waals surface area contributed by atoms with Gasteiger partial charge in [-0.05, 0) is 11.8 Å². The van der Waals surface area contributed by atoms with E-state index in [-0.39, 0.29) is 54.0 Å². The van der Waals surface area contributed by atoms with Crippen molar-refractivity contribution in [1.82, 2.24) is 10.3 Å². The van der Waals surface area contributed by atoms with Crippen molar-refractivity contribution in [2.45, 2.75) is 13.0 Å². The fourth-order valence-corrected chi connectivity index (χ4v) is 5.21. The number of anilines is 3. The molecule has 1 aliphatic carbocycles. The number of cyclic esters (lactones) is 1. The van der Waals surface area contributed by atoms with Crippen molar-refractivity contribution in [2.24, 2.45) is 17.8 Å². The minimum atomic E-state index is -0.784. The minimum absolute atomic E-state index is 0.0338. The zero-order valence-corrected chi connectivity index (χ0v) is 18.4.